The van der Waals surface area contributed by atoms with Crippen molar-refractivity contribution >= 4 is 5.91 Å². The van der Waals surface area contributed by atoms with Gasteiger partial charge in [-0.2, -0.15) is 4.98 Å². The third-order valence-corrected chi connectivity index (χ3v) is 4.08. The van der Waals surface area contributed by atoms with Crippen LogP contribution in [0.25, 0.3) is 11.4 Å². The SMILES string of the molecule is CNC(=O)c1ccc(CN(C)Cc2nc(-c3ccc(C)cc3)no2)cc1. The molecule has 1 aromatic heterocycles. The Hall–Kier alpha value is -2.99. The van der Waals surface area contributed by atoms with Crippen LogP contribution in [0.4, 0.5) is 0 Å². The fourth-order valence-electron chi connectivity index (χ4n) is 2.64. The molecule has 0 radical (unpaired) electrons. The van der Waals surface area contributed by atoms with Crippen molar-refractivity contribution in [2.75, 3.05) is 14.1 Å². The summed E-state index contributed by atoms with van der Waals surface area (Å²) in [7, 11) is 3.61. The molecule has 0 aliphatic heterocycles. The van der Waals surface area contributed by atoms with Crippen LogP contribution in [0.3, 0.4) is 0 Å². The first-order valence-corrected chi connectivity index (χ1v) is 8.44. The summed E-state index contributed by atoms with van der Waals surface area (Å²) in [6.45, 7) is 3.31. The van der Waals surface area contributed by atoms with E-state index in [9.17, 15) is 4.79 Å². The number of carbonyl (C=O) groups is 1. The van der Waals surface area contributed by atoms with Crippen LogP contribution in [0, 0.1) is 6.92 Å². The highest BCUT2D eigenvalue weighted by Crippen LogP contribution is 2.17. The van der Waals surface area contributed by atoms with Crippen molar-refractivity contribution < 1.29 is 9.32 Å². The molecule has 6 nitrogen and oxygen atoms in total. The Balaban J connectivity index is 1.60. The minimum Gasteiger partial charge on any atom is -0.355 e. The summed E-state index contributed by atoms with van der Waals surface area (Å²) in [6, 6.07) is 15.6. The number of aryl methyl sites for hydroxylation is 1. The lowest BCUT2D eigenvalue weighted by molar-refractivity contribution is 0.0963. The van der Waals surface area contributed by atoms with Crippen LogP contribution < -0.4 is 5.32 Å². The molecule has 3 aromatic rings. The van der Waals surface area contributed by atoms with E-state index in [0.717, 1.165) is 17.7 Å². The van der Waals surface area contributed by atoms with E-state index in [-0.39, 0.29) is 5.91 Å². The van der Waals surface area contributed by atoms with Gasteiger partial charge in [0, 0.05) is 24.7 Å². The molecule has 0 atom stereocenters. The molecule has 0 bridgehead atoms. The molecule has 1 heterocycles. The number of rotatable bonds is 6. The van der Waals surface area contributed by atoms with Gasteiger partial charge in [-0.3, -0.25) is 9.69 Å². The smallest absolute Gasteiger partial charge is 0.251 e. The number of hydrogen-bond donors (Lipinski definition) is 1. The van der Waals surface area contributed by atoms with E-state index in [1.54, 1.807) is 7.05 Å². The topological polar surface area (TPSA) is 71.3 Å². The Labute approximate surface area is 152 Å². The first-order chi connectivity index (χ1) is 12.5. The van der Waals surface area contributed by atoms with Gasteiger partial charge in [-0.25, -0.2) is 0 Å². The molecular formula is C20H22N4O2. The number of amides is 1. The molecule has 6 heteroatoms. The van der Waals surface area contributed by atoms with Gasteiger partial charge in [-0.1, -0.05) is 47.1 Å². The predicted octanol–water partition coefficient (Wildman–Crippen LogP) is 3.04. The van der Waals surface area contributed by atoms with Crippen molar-refractivity contribution in [3.63, 3.8) is 0 Å². The van der Waals surface area contributed by atoms with Crippen LogP contribution in [0.1, 0.15) is 27.4 Å². The number of benzene rings is 2. The highest BCUT2D eigenvalue weighted by atomic mass is 16.5. The largest absolute Gasteiger partial charge is 0.355 e. The highest BCUT2D eigenvalue weighted by Gasteiger charge is 2.11. The van der Waals surface area contributed by atoms with E-state index in [0.29, 0.717) is 23.8 Å². The summed E-state index contributed by atoms with van der Waals surface area (Å²) in [5, 5.41) is 6.68. The molecular weight excluding hydrogens is 328 g/mol. The molecule has 1 N–H and O–H groups in total. The normalized spacial score (nSPS) is 10.9. The van der Waals surface area contributed by atoms with Gasteiger partial charge in [0.25, 0.3) is 5.91 Å². The second-order valence-corrected chi connectivity index (χ2v) is 6.33. The summed E-state index contributed by atoms with van der Waals surface area (Å²) in [5.41, 5.74) is 3.90. The van der Waals surface area contributed by atoms with Crippen LogP contribution in [-0.2, 0) is 13.1 Å². The average Bonchev–Trinajstić information content (AvgIpc) is 3.10. The number of aromatic nitrogens is 2. The number of nitrogens with one attached hydrogen (secondary N) is 1. The Morgan fingerprint density at radius 1 is 1.08 bits per heavy atom. The fourth-order valence-corrected chi connectivity index (χ4v) is 2.64. The van der Waals surface area contributed by atoms with Crippen LogP contribution in [0.15, 0.2) is 53.1 Å². The Bertz CT molecular complexity index is 870. The first kappa shape index (κ1) is 17.8. The second kappa shape index (κ2) is 7.93. The lowest BCUT2D eigenvalue weighted by atomic mass is 10.1. The van der Waals surface area contributed by atoms with E-state index in [2.05, 4.69) is 20.4 Å². The number of carbonyl (C=O) groups excluding carboxylic acids is 1. The van der Waals surface area contributed by atoms with Crippen molar-refractivity contribution in [1.82, 2.24) is 20.4 Å². The maximum absolute atomic E-state index is 11.6. The molecule has 0 unspecified atom stereocenters. The van der Waals surface area contributed by atoms with Crippen molar-refractivity contribution in [3.8, 4) is 11.4 Å². The van der Waals surface area contributed by atoms with Crippen molar-refractivity contribution in [1.29, 1.82) is 0 Å². The molecule has 0 saturated heterocycles. The molecule has 0 aliphatic rings. The van der Waals surface area contributed by atoms with Gasteiger partial charge in [-0.15, -0.1) is 0 Å². The number of hydrogen-bond acceptors (Lipinski definition) is 5. The monoisotopic (exact) mass is 350 g/mol. The first-order valence-electron chi connectivity index (χ1n) is 8.44. The lowest BCUT2D eigenvalue weighted by Crippen LogP contribution is -2.19. The average molecular weight is 350 g/mol. The Morgan fingerprint density at radius 2 is 1.77 bits per heavy atom. The zero-order chi connectivity index (χ0) is 18.5. The van der Waals surface area contributed by atoms with Gasteiger partial charge in [0.2, 0.25) is 11.7 Å². The highest BCUT2D eigenvalue weighted by molar-refractivity contribution is 5.93. The molecule has 1 amide bonds. The van der Waals surface area contributed by atoms with Gasteiger partial charge in [0.15, 0.2) is 0 Å². The predicted molar refractivity (Wildman–Crippen MR) is 99.5 cm³/mol. The summed E-state index contributed by atoms with van der Waals surface area (Å²) in [5.74, 6) is 1.09. The minimum atomic E-state index is -0.0839. The summed E-state index contributed by atoms with van der Waals surface area (Å²) < 4.78 is 5.37. The second-order valence-electron chi connectivity index (χ2n) is 6.33. The number of nitrogens with zero attached hydrogens (tertiary/aromatic N) is 3. The fraction of sp³-hybridized carbons (Fsp3) is 0.250. The molecule has 2 aromatic carbocycles. The van der Waals surface area contributed by atoms with E-state index in [4.69, 9.17) is 4.52 Å². The van der Waals surface area contributed by atoms with Crippen LogP contribution in [0.2, 0.25) is 0 Å². The van der Waals surface area contributed by atoms with E-state index in [1.807, 2.05) is 62.5 Å². The summed E-state index contributed by atoms with van der Waals surface area (Å²) in [4.78, 5) is 18.1. The van der Waals surface area contributed by atoms with Gasteiger partial charge in [0.1, 0.15) is 0 Å². The van der Waals surface area contributed by atoms with Gasteiger partial charge in [-0.05, 0) is 31.7 Å². The van der Waals surface area contributed by atoms with Gasteiger partial charge >= 0.3 is 0 Å². The Morgan fingerprint density at radius 3 is 2.42 bits per heavy atom. The van der Waals surface area contributed by atoms with Crippen LogP contribution in [-0.4, -0.2) is 35.0 Å². The standard InChI is InChI=1S/C20H22N4O2/c1-14-4-8-16(9-5-14)19-22-18(26-23-19)13-24(3)12-15-6-10-17(11-7-15)20(25)21-2/h4-11H,12-13H2,1-3H3,(H,21,25). The van der Waals surface area contributed by atoms with Crippen molar-refractivity contribution in [2.24, 2.45) is 0 Å². The summed E-state index contributed by atoms with van der Waals surface area (Å²) >= 11 is 0. The molecule has 3 rings (SSSR count). The molecule has 134 valence electrons. The van der Waals surface area contributed by atoms with Crippen molar-refractivity contribution in [2.45, 2.75) is 20.0 Å². The molecule has 26 heavy (non-hydrogen) atoms. The minimum absolute atomic E-state index is 0.0839. The molecule has 0 spiro atoms. The van der Waals surface area contributed by atoms with Crippen LogP contribution >= 0.6 is 0 Å². The molecule has 0 aliphatic carbocycles. The third-order valence-electron chi connectivity index (χ3n) is 4.08. The maximum Gasteiger partial charge on any atom is 0.251 e. The van der Waals surface area contributed by atoms with Crippen LogP contribution in [0.5, 0.6) is 0 Å². The van der Waals surface area contributed by atoms with E-state index < -0.39 is 0 Å². The zero-order valence-corrected chi connectivity index (χ0v) is 15.2. The Kier molecular flexibility index (Phi) is 5.43. The summed E-state index contributed by atoms with van der Waals surface area (Å²) in [6.07, 6.45) is 0. The van der Waals surface area contributed by atoms with Gasteiger partial charge in [0.05, 0.1) is 6.54 Å². The lowest BCUT2D eigenvalue weighted by Gasteiger charge is -2.14. The molecule has 0 saturated carbocycles. The zero-order valence-electron chi connectivity index (χ0n) is 15.2. The van der Waals surface area contributed by atoms with E-state index >= 15 is 0 Å². The molecule has 0 fully saturated rings. The van der Waals surface area contributed by atoms with Gasteiger partial charge < -0.3 is 9.84 Å². The van der Waals surface area contributed by atoms with E-state index in [1.165, 1.54) is 5.56 Å². The van der Waals surface area contributed by atoms with Crippen molar-refractivity contribution in [3.05, 3.63) is 71.1 Å². The maximum atomic E-state index is 11.6. The third kappa shape index (κ3) is 4.34. The quantitative estimate of drug-likeness (QED) is 0.740.